The van der Waals surface area contributed by atoms with Gasteiger partial charge in [-0.25, -0.2) is 0 Å². The normalized spacial score (nSPS) is 22.0. The van der Waals surface area contributed by atoms with E-state index in [4.69, 9.17) is 26.2 Å². The molecule has 1 fully saturated rings. The molecule has 0 aromatic heterocycles. The maximum absolute atomic E-state index is 9.02. The van der Waals surface area contributed by atoms with Crippen molar-refractivity contribution >= 4 is 18.7 Å². The maximum atomic E-state index is 9.02. The summed E-state index contributed by atoms with van der Waals surface area (Å²) in [5.41, 5.74) is 5.68. The van der Waals surface area contributed by atoms with E-state index < -0.39 is 0 Å². The molecule has 1 atom stereocenters. The summed E-state index contributed by atoms with van der Waals surface area (Å²) in [6.07, 6.45) is 4.90. The molecule has 3 nitrogen and oxygen atoms in total. The van der Waals surface area contributed by atoms with Crippen LogP contribution < -0.4 is 0 Å². The SMILES string of the molecule is Cc1cc([C@H]2C=C(Cl)C=C(B3OC(C)(C)C(C)(C)O3)C2)ccc1-c1ccc(C#N)cc1. The molecule has 1 heterocycles. The topological polar surface area (TPSA) is 42.2 Å². The molecule has 4 rings (SSSR count). The summed E-state index contributed by atoms with van der Waals surface area (Å²) in [4.78, 5) is 0. The molecule has 0 bridgehead atoms. The second kappa shape index (κ2) is 7.99. The van der Waals surface area contributed by atoms with Crippen molar-refractivity contribution in [2.45, 2.75) is 58.2 Å². The zero-order valence-electron chi connectivity index (χ0n) is 18.7. The minimum atomic E-state index is -0.381. The highest BCUT2D eigenvalue weighted by Crippen LogP contribution is 2.42. The van der Waals surface area contributed by atoms with E-state index in [1.165, 1.54) is 16.7 Å². The lowest BCUT2D eigenvalue weighted by atomic mass is 9.70. The Hall–Kier alpha value is -2.32. The van der Waals surface area contributed by atoms with Gasteiger partial charge in [-0.2, -0.15) is 5.26 Å². The first-order chi connectivity index (χ1) is 14.6. The van der Waals surface area contributed by atoms with Gasteiger partial charge in [-0.05, 0) is 87.0 Å². The van der Waals surface area contributed by atoms with E-state index in [0.717, 1.165) is 22.5 Å². The molecule has 0 amide bonds. The fourth-order valence-electron chi connectivity index (χ4n) is 4.13. The largest absolute Gasteiger partial charge is 0.490 e. The zero-order chi connectivity index (χ0) is 22.4. The van der Waals surface area contributed by atoms with Crippen molar-refractivity contribution in [3.05, 3.63) is 81.8 Å². The molecule has 5 heteroatoms. The minimum absolute atomic E-state index is 0.167. The Morgan fingerprint density at radius 3 is 2.26 bits per heavy atom. The Bertz CT molecular complexity index is 1090. The van der Waals surface area contributed by atoms with Gasteiger partial charge in [-0.15, -0.1) is 0 Å². The number of allylic oxidation sites excluding steroid dienone is 4. The lowest BCUT2D eigenvalue weighted by molar-refractivity contribution is 0.00578. The summed E-state index contributed by atoms with van der Waals surface area (Å²) < 4.78 is 12.5. The summed E-state index contributed by atoms with van der Waals surface area (Å²) in [7, 11) is -0.381. The summed E-state index contributed by atoms with van der Waals surface area (Å²) in [6.45, 7) is 10.4. The van der Waals surface area contributed by atoms with Crippen molar-refractivity contribution in [3.8, 4) is 17.2 Å². The quantitative estimate of drug-likeness (QED) is 0.508. The predicted molar refractivity (Wildman–Crippen MR) is 127 cm³/mol. The van der Waals surface area contributed by atoms with Crippen molar-refractivity contribution in [1.29, 1.82) is 5.26 Å². The molecule has 0 radical (unpaired) electrons. The van der Waals surface area contributed by atoms with Gasteiger partial charge in [0.15, 0.2) is 0 Å². The average Bonchev–Trinajstić information content (AvgIpc) is 2.95. The van der Waals surface area contributed by atoms with Gasteiger partial charge in [-0.3, -0.25) is 0 Å². The van der Waals surface area contributed by atoms with E-state index in [0.29, 0.717) is 5.56 Å². The van der Waals surface area contributed by atoms with Crippen LogP contribution in [0.15, 0.2) is 65.1 Å². The number of aryl methyl sites for hydroxylation is 1. The average molecular weight is 432 g/mol. The fraction of sp³-hybridized carbons (Fsp3) is 0.346. The first-order valence-electron chi connectivity index (χ1n) is 10.6. The number of benzene rings is 2. The number of nitrogens with zero attached hydrogens (tertiary/aromatic N) is 1. The molecule has 1 saturated heterocycles. The monoisotopic (exact) mass is 431 g/mol. The summed E-state index contributed by atoms with van der Waals surface area (Å²) in [5, 5.41) is 9.74. The van der Waals surface area contributed by atoms with Crippen LogP contribution in [-0.2, 0) is 9.31 Å². The molecule has 0 unspecified atom stereocenters. The van der Waals surface area contributed by atoms with E-state index >= 15 is 0 Å². The second-order valence-electron chi connectivity index (χ2n) is 9.43. The molecule has 1 aliphatic heterocycles. The highest BCUT2D eigenvalue weighted by atomic mass is 35.5. The molecule has 2 aromatic rings. The fourth-order valence-corrected chi connectivity index (χ4v) is 4.42. The van der Waals surface area contributed by atoms with Crippen LogP contribution in [0.1, 0.15) is 56.7 Å². The highest BCUT2D eigenvalue weighted by molar-refractivity contribution is 6.55. The highest BCUT2D eigenvalue weighted by Gasteiger charge is 2.52. The van der Waals surface area contributed by atoms with Gasteiger partial charge in [0.25, 0.3) is 0 Å². The Morgan fingerprint density at radius 2 is 1.68 bits per heavy atom. The van der Waals surface area contributed by atoms with Gasteiger partial charge in [0, 0.05) is 11.0 Å². The van der Waals surface area contributed by atoms with Gasteiger partial charge >= 0.3 is 7.12 Å². The molecule has 158 valence electrons. The number of hydrogen-bond donors (Lipinski definition) is 0. The van der Waals surface area contributed by atoms with E-state index in [-0.39, 0.29) is 24.2 Å². The van der Waals surface area contributed by atoms with Crippen LogP contribution in [0.25, 0.3) is 11.1 Å². The van der Waals surface area contributed by atoms with Crippen LogP contribution in [-0.4, -0.2) is 18.3 Å². The van der Waals surface area contributed by atoms with Gasteiger partial charge in [0.2, 0.25) is 0 Å². The third-order valence-corrected chi connectivity index (χ3v) is 6.93. The van der Waals surface area contributed by atoms with Crippen LogP contribution >= 0.6 is 11.6 Å². The Balaban J connectivity index is 1.57. The van der Waals surface area contributed by atoms with Crippen molar-refractivity contribution in [3.63, 3.8) is 0 Å². The van der Waals surface area contributed by atoms with Gasteiger partial charge < -0.3 is 9.31 Å². The third-order valence-electron chi connectivity index (χ3n) is 6.70. The molecule has 31 heavy (non-hydrogen) atoms. The summed E-state index contributed by atoms with van der Waals surface area (Å²) >= 11 is 6.52. The molecule has 0 saturated carbocycles. The van der Waals surface area contributed by atoms with Gasteiger partial charge in [0.05, 0.1) is 22.8 Å². The third kappa shape index (κ3) is 4.23. The lowest BCUT2D eigenvalue weighted by Crippen LogP contribution is -2.41. The maximum Gasteiger partial charge on any atom is 0.490 e. The zero-order valence-corrected chi connectivity index (χ0v) is 19.5. The Labute approximate surface area is 190 Å². The lowest BCUT2D eigenvalue weighted by Gasteiger charge is -2.32. The number of nitriles is 1. The van der Waals surface area contributed by atoms with Crippen molar-refractivity contribution in [2.24, 2.45) is 0 Å². The van der Waals surface area contributed by atoms with Crippen molar-refractivity contribution in [2.75, 3.05) is 0 Å². The van der Waals surface area contributed by atoms with Crippen LogP contribution in [0, 0.1) is 18.3 Å². The van der Waals surface area contributed by atoms with Crippen LogP contribution in [0.2, 0.25) is 0 Å². The van der Waals surface area contributed by atoms with Crippen molar-refractivity contribution < 1.29 is 9.31 Å². The molecule has 1 aliphatic carbocycles. The first kappa shape index (κ1) is 21.9. The number of rotatable bonds is 3. The molecule has 2 aromatic carbocycles. The minimum Gasteiger partial charge on any atom is -0.400 e. The predicted octanol–water partition coefficient (Wildman–Crippen LogP) is 6.70. The molecule has 0 N–H and O–H groups in total. The van der Waals surface area contributed by atoms with Gasteiger partial charge in [-0.1, -0.05) is 48.0 Å². The molecule has 0 spiro atoms. The Kier molecular flexibility index (Phi) is 5.64. The van der Waals surface area contributed by atoms with Crippen LogP contribution in [0.3, 0.4) is 0 Å². The number of halogens is 1. The van der Waals surface area contributed by atoms with E-state index in [9.17, 15) is 0 Å². The molecular weight excluding hydrogens is 405 g/mol. The summed E-state index contributed by atoms with van der Waals surface area (Å²) in [6, 6.07) is 16.4. The smallest absolute Gasteiger partial charge is 0.400 e. The van der Waals surface area contributed by atoms with E-state index in [1.807, 2.05) is 30.3 Å². The number of hydrogen-bond acceptors (Lipinski definition) is 3. The molecule has 2 aliphatic rings. The second-order valence-corrected chi connectivity index (χ2v) is 9.87. The first-order valence-corrected chi connectivity index (χ1v) is 11.0. The van der Waals surface area contributed by atoms with E-state index in [2.05, 4.69) is 65.0 Å². The summed E-state index contributed by atoms with van der Waals surface area (Å²) in [5.74, 6) is 0.167. The van der Waals surface area contributed by atoms with Gasteiger partial charge in [0.1, 0.15) is 0 Å². The standard InChI is InChI=1S/C26H27BClNO2/c1-17-12-20(10-11-24(17)19-8-6-18(16-29)7-9-19)21-13-22(15-23(28)14-21)27-30-25(2,3)26(4,5)31-27/h6-12,14-15,21H,13H2,1-5H3/t21-/m1/s1. The van der Waals surface area contributed by atoms with Crippen LogP contribution in [0.4, 0.5) is 0 Å². The van der Waals surface area contributed by atoms with Crippen molar-refractivity contribution in [1.82, 2.24) is 0 Å². The van der Waals surface area contributed by atoms with Crippen LogP contribution in [0.5, 0.6) is 0 Å². The van der Waals surface area contributed by atoms with E-state index in [1.54, 1.807) is 0 Å². The molecular formula is C26H27BClNO2. The Morgan fingerprint density at radius 1 is 1.03 bits per heavy atom.